The van der Waals surface area contributed by atoms with E-state index in [1.54, 1.807) is 36.4 Å². The highest BCUT2D eigenvalue weighted by atomic mass is 35.5. The minimum absolute atomic E-state index is 0.142. The molecule has 3 rings (SSSR count). The van der Waals surface area contributed by atoms with E-state index >= 15 is 0 Å². The average Bonchev–Trinajstić information content (AvgIpc) is 2.87. The summed E-state index contributed by atoms with van der Waals surface area (Å²) in [6.45, 7) is 4.10. The molecule has 0 aliphatic heterocycles. The van der Waals surface area contributed by atoms with Crippen LogP contribution in [-0.2, 0) is 26.2 Å². The lowest BCUT2D eigenvalue weighted by atomic mass is 10.1. The Morgan fingerprint density at radius 3 is 2.30 bits per heavy atom. The van der Waals surface area contributed by atoms with Crippen molar-refractivity contribution in [2.75, 3.05) is 23.7 Å². The number of amides is 2. The predicted molar refractivity (Wildman–Crippen MR) is 150 cm³/mol. The molecule has 1 atom stereocenters. The maximum atomic E-state index is 13.8. The van der Waals surface area contributed by atoms with Crippen molar-refractivity contribution < 1.29 is 18.0 Å². The number of anilines is 1. The van der Waals surface area contributed by atoms with Crippen LogP contribution < -0.4 is 9.62 Å². The number of hydrogen-bond acceptors (Lipinski definition) is 4. The molecule has 0 saturated heterocycles. The van der Waals surface area contributed by atoms with Gasteiger partial charge in [0.05, 0.1) is 11.9 Å². The van der Waals surface area contributed by atoms with Crippen molar-refractivity contribution >= 4 is 49.9 Å². The van der Waals surface area contributed by atoms with Crippen LogP contribution >= 0.6 is 11.6 Å². The molecule has 7 nitrogen and oxygen atoms in total. The van der Waals surface area contributed by atoms with Gasteiger partial charge in [-0.25, -0.2) is 8.42 Å². The van der Waals surface area contributed by atoms with Crippen molar-refractivity contribution in [3.05, 3.63) is 77.3 Å². The van der Waals surface area contributed by atoms with Gasteiger partial charge in [-0.15, -0.1) is 0 Å². The number of nitrogens with one attached hydrogen (secondary N) is 1. The first-order chi connectivity index (χ1) is 17.7. The number of nitrogens with zero attached hydrogens (tertiary/aromatic N) is 2. The Hall–Kier alpha value is -3.10. The Bertz CT molecular complexity index is 1320. The fourth-order valence-corrected chi connectivity index (χ4v) is 5.22. The second-order valence-electron chi connectivity index (χ2n) is 8.98. The highest BCUT2D eigenvalue weighted by molar-refractivity contribution is 7.92. The van der Waals surface area contributed by atoms with E-state index in [2.05, 4.69) is 5.32 Å². The highest BCUT2D eigenvalue weighted by Gasteiger charge is 2.32. The summed E-state index contributed by atoms with van der Waals surface area (Å²) in [6, 6.07) is 19.0. The lowest BCUT2D eigenvalue weighted by Gasteiger charge is -2.33. The van der Waals surface area contributed by atoms with Crippen molar-refractivity contribution in [1.82, 2.24) is 10.2 Å². The molecule has 9 heteroatoms. The molecule has 198 valence electrons. The van der Waals surface area contributed by atoms with Crippen molar-refractivity contribution in [1.29, 1.82) is 0 Å². The quantitative estimate of drug-likeness (QED) is 0.326. The summed E-state index contributed by atoms with van der Waals surface area (Å²) in [5.74, 6) is -0.722. The summed E-state index contributed by atoms with van der Waals surface area (Å²) >= 11 is 6.04. The molecule has 0 aliphatic rings. The molecule has 3 aromatic rings. The fraction of sp³-hybridized carbons (Fsp3) is 0.357. The third kappa shape index (κ3) is 7.46. The Morgan fingerprint density at radius 1 is 0.973 bits per heavy atom. The number of halogens is 1. The molecule has 0 unspecified atom stereocenters. The van der Waals surface area contributed by atoms with E-state index in [1.807, 2.05) is 44.2 Å². The zero-order valence-corrected chi connectivity index (χ0v) is 23.1. The molecular weight excluding hydrogens is 510 g/mol. The smallest absolute Gasteiger partial charge is 0.244 e. The van der Waals surface area contributed by atoms with E-state index in [0.717, 1.165) is 39.7 Å². The topological polar surface area (TPSA) is 86.8 Å². The molecule has 0 saturated carbocycles. The van der Waals surface area contributed by atoms with Crippen LogP contribution in [0.1, 0.15) is 38.7 Å². The van der Waals surface area contributed by atoms with Gasteiger partial charge in [0.15, 0.2) is 0 Å². The number of hydrogen-bond donors (Lipinski definition) is 1. The van der Waals surface area contributed by atoms with Gasteiger partial charge in [0.2, 0.25) is 21.8 Å². The van der Waals surface area contributed by atoms with Gasteiger partial charge < -0.3 is 10.2 Å². The minimum atomic E-state index is -3.82. The van der Waals surface area contributed by atoms with Gasteiger partial charge in [0.1, 0.15) is 12.6 Å². The first-order valence-corrected chi connectivity index (χ1v) is 14.7. The third-order valence-electron chi connectivity index (χ3n) is 6.20. The van der Waals surface area contributed by atoms with Crippen LogP contribution in [0, 0.1) is 0 Å². The van der Waals surface area contributed by atoms with E-state index in [4.69, 9.17) is 11.6 Å². The first kappa shape index (κ1) is 28.5. The SMILES string of the molecule is CCCCNC(=O)[C@@H](CC)N(Cc1ccc(Cl)cc1)C(=O)CN(c1cccc2ccccc12)S(C)(=O)=O. The Morgan fingerprint density at radius 2 is 1.65 bits per heavy atom. The van der Waals surface area contributed by atoms with Crippen molar-refractivity contribution in [2.24, 2.45) is 0 Å². The van der Waals surface area contributed by atoms with Gasteiger partial charge in [-0.1, -0.05) is 80.4 Å². The highest BCUT2D eigenvalue weighted by Crippen LogP contribution is 2.29. The number of rotatable bonds is 12. The molecule has 1 N–H and O–H groups in total. The summed E-state index contributed by atoms with van der Waals surface area (Å²) in [4.78, 5) is 28.4. The number of fused-ring (bicyclic) bond motifs is 1. The number of carbonyl (C=O) groups is 2. The summed E-state index contributed by atoms with van der Waals surface area (Å²) in [5.41, 5.74) is 1.20. The molecule has 0 radical (unpaired) electrons. The summed E-state index contributed by atoms with van der Waals surface area (Å²) in [5, 5.41) is 5.06. The first-order valence-electron chi connectivity index (χ1n) is 12.4. The summed E-state index contributed by atoms with van der Waals surface area (Å²) in [7, 11) is -3.82. The number of sulfonamides is 1. The van der Waals surface area contributed by atoms with E-state index in [1.165, 1.54) is 4.90 Å². The average molecular weight is 544 g/mol. The van der Waals surface area contributed by atoms with Crippen LogP contribution in [0.25, 0.3) is 10.8 Å². The van der Waals surface area contributed by atoms with Crippen molar-refractivity contribution in [2.45, 2.75) is 45.7 Å². The Balaban J connectivity index is 1.98. The van der Waals surface area contributed by atoms with Crippen LogP contribution in [0.2, 0.25) is 5.02 Å². The normalized spacial score (nSPS) is 12.2. The third-order valence-corrected chi connectivity index (χ3v) is 7.57. The maximum absolute atomic E-state index is 13.8. The van der Waals surface area contributed by atoms with Gasteiger partial charge >= 0.3 is 0 Å². The van der Waals surface area contributed by atoms with E-state index in [0.29, 0.717) is 23.7 Å². The molecule has 0 heterocycles. The predicted octanol–water partition coefficient (Wildman–Crippen LogP) is 4.98. The molecule has 0 aromatic heterocycles. The van der Waals surface area contributed by atoms with Crippen LogP contribution in [0.15, 0.2) is 66.7 Å². The van der Waals surface area contributed by atoms with Crippen LogP contribution in [0.4, 0.5) is 5.69 Å². The van der Waals surface area contributed by atoms with Crippen molar-refractivity contribution in [3.8, 4) is 0 Å². The summed E-state index contributed by atoms with van der Waals surface area (Å²) < 4.78 is 27.0. The number of benzene rings is 3. The lowest BCUT2D eigenvalue weighted by Crippen LogP contribution is -2.52. The van der Waals surface area contributed by atoms with Gasteiger partial charge in [-0.2, -0.15) is 0 Å². The largest absolute Gasteiger partial charge is 0.354 e. The molecule has 0 spiro atoms. The second kappa shape index (κ2) is 12.9. The number of carbonyl (C=O) groups excluding carboxylic acids is 2. The summed E-state index contributed by atoms with van der Waals surface area (Å²) in [6.07, 6.45) is 3.22. The molecule has 0 fully saturated rings. The van der Waals surface area contributed by atoms with Gasteiger partial charge in [0.25, 0.3) is 0 Å². The van der Waals surface area contributed by atoms with Crippen LogP contribution in [0.5, 0.6) is 0 Å². The van der Waals surface area contributed by atoms with E-state index < -0.39 is 28.5 Å². The molecule has 0 bridgehead atoms. The van der Waals surface area contributed by atoms with Crippen LogP contribution in [-0.4, -0.2) is 50.5 Å². The van der Waals surface area contributed by atoms with E-state index in [9.17, 15) is 18.0 Å². The van der Waals surface area contributed by atoms with Gasteiger partial charge in [-0.05, 0) is 42.0 Å². The Labute approximate surface area is 224 Å². The zero-order chi connectivity index (χ0) is 27.0. The molecule has 37 heavy (non-hydrogen) atoms. The van der Waals surface area contributed by atoms with Crippen molar-refractivity contribution in [3.63, 3.8) is 0 Å². The minimum Gasteiger partial charge on any atom is -0.354 e. The second-order valence-corrected chi connectivity index (χ2v) is 11.3. The Kier molecular flexibility index (Phi) is 9.94. The zero-order valence-electron chi connectivity index (χ0n) is 21.5. The van der Waals surface area contributed by atoms with Gasteiger partial charge in [-0.3, -0.25) is 13.9 Å². The molecule has 2 amide bonds. The molecule has 0 aliphatic carbocycles. The number of unbranched alkanes of at least 4 members (excludes halogenated alkanes) is 1. The molecular formula is C28H34ClN3O4S. The monoisotopic (exact) mass is 543 g/mol. The molecule has 3 aromatic carbocycles. The van der Waals surface area contributed by atoms with Gasteiger partial charge in [0, 0.05) is 23.5 Å². The maximum Gasteiger partial charge on any atom is 0.244 e. The lowest BCUT2D eigenvalue weighted by molar-refractivity contribution is -0.140. The van der Waals surface area contributed by atoms with E-state index in [-0.39, 0.29) is 12.5 Å². The van der Waals surface area contributed by atoms with Crippen LogP contribution in [0.3, 0.4) is 0 Å². The standard InChI is InChI=1S/C28H34ClN3O4S/c1-4-6-18-30-28(34)25(5-2)31(19-21-14-16-23(29)17-15-21)27(33)20-32(37(3,35)36)26-13-9-11-22-10-7-8-12-24(22)26/h7-17,25H,4-6,18-20H2,1-3H3,(H,30,34)/t25-/m1/s1. The fourth-order valence-electron chi connectivity index (χ4n) is 4.23.